The van der Waals surface area contributed by atoms with E-state index in [-0.39, 0.29) is 12.2 Å². The lowest BCUT2D eigenvalue weighted by Crippen LogP contribution is -2.41. The number of fused-ring (bicyclic) bond motifs is 1. The molecule has 1 aromatic carbocycles. The van der Waals surface area contributed by atoms with E-state index in [1.54, 1.807) is 0 Å². The molecule has 0 amide bonds. The van der Waals surface area contributed by atoms with Crippen LogP contribution in [0.2, 0.25) is 0 Å². The fraction of sp³-hybridized carbons (Fsp3) is 0.438. The van der Waals surface area contributed by atoms with Gasteiger partial charge in [-0.3, -0.25) is 0 Å². The van der Waals surface area contributed by atoms with Gasteiger partial charge < -0.3 is 9.47 Å². The lowest BCUT2D eigenvalue weighted by atomic mass is 9.95. The fourth-order valence-corrected chi connectivity index (χ4v) is 2.52. The Balaban J connectivity index is 2.59. The van der Waals surface area contributed by atoms with Crippen molar-refractivity contribution in [3.63, 3.8) is 0 Å². The van der Waals surface area contributed by atoms with Crippen LogP contribution in [0.25, 0.3) is 6.08 Å². The van der Waals surface area contributed by atoms with Crippen LogP contribution < -0.4 is 4.74 Å². The largest absolute Gasteiger partial charge is 0.475 e. The van der Waals surface area contributed by atoms with Gasteiger partial charge in [-0.15, -0.1) is 0 Å². The van der Waals surface area contributed by atoms with Crippen LogP contribution in [0.15, 0.2) is 17.7 Å². The molecular weight excluding hydrogens is 354 g/mol. The first-order valence-corrected chi connectivity index (χ1v) is 7.24. The molecule has 1 heterocycles. The van der Waals surface area contributed by atoms with Crippen LogP contribution >= 0.6 is 0 Å². The highest BCUT2D eigenvalue weighted by atomic mass is 19.4. The second-order valence-electron chi connectivity index (χ2n) is 5.49. The molecule has 0 N–H and O–H groups in total. The van der Waals surface area contributed by atoms with Gasteiger partial charge in [0, 0.05) is 11.1 Å². The molecular formula is C16H14F6O3. The van der Waals surface area contributed by atoms with E-state index in [0.29, 0.717) is 5.56 Å². The van der Waals surface area contributed by atoms with Gasteiger partial charge in [-0.2, -0.15) is 26.3 Å². The van der Waals surface area contributed by atoms with Gasteiger partial charge in [0.1, 0.15) is 5.75 Å². The molecule has 0 aliphatic carbocycles. The average Bonchev–Trinajstić information content (AvgIpc) is 2.43. The summed E-state index contributed by atoms with van der Waals surface area (Å²) in [4.78, 5) is 11.8. The maximum atomic E-state index is 13.2. The summed E-state index contributed by atoms with van der Waals surface area (Å²) in [5, 5.41) is 0. The van der Waals surface area contributed by atoms with E-state index in [0.717, 1.165) is 12.1 Å². The second-order valence-corrected chi connectivity index (χ2v) is 5.49. The van der Waals surface area contributed by atoms with Crippen molar-refractivity contribution in [2.45, 2.75) is 38.7 Å². The van der Waals surface area contributed by atoms with Gasteiger partial charge in [0.15, 0.2) is 0 Å². The number of halogens is 6. The van der Waals surface area contributed by atoms with Gasteiger partial charge in [-0.05, 0) is 31.6 Å². The molecule has 1 aromatic rings. The molecule has 9 heteroatoms. The number of hydrogen-bond acceptors (Lipinski definition) is 3. The smallest absolute Gasteiger partial charge is 0.430 e. The molecule has 2 rings (SSSR count). The van der Waals surface area contributed by atoms with Crippen molar-refractivity contribution in [2.24, 2.45) is 0 Å². The van der Waals surface area contributed by atoms with Crippen LogP contribution in [0, 0.1) is 6.92 Å². The van der Waals surface area contributed by atoms with E-state index in [1.807, 2.05) is 0 Å². The van der Waals surface area contributed by atoms with Crippen molar-refractivity contribution in [1.29, 1.82) is 0 Å². The maximum Gasteiger partial charge on any atom is 0.430 e. The Kier molecular flexibility index (Phi) is 5.06. The third-order valence-corrected chi connectivity index (χ3v) is 3.37. The minimum absolute atomic E-state index is 0.0252. The highest BCUT2D eigenvalue weighted by Gasteiger charge is 2.49. The summed E-state index contributed by atoms with van der Waals surface area (Å²) >= 11 is 0. The van der Waals surface area contributed by atoms with Gasteiger partial charge in [0.25, 0.3) is 0 Å². The molecule has 3 nitrogen and oxygen atoms in total. The number of ether oxygens (including phenoxy) is 2. The number of carbonyl (C=O) groups excluding carboxylic acids is 1. The van der Waals surface area contributed by atoms with Crippen LogP contribution in [0.1, 0.15) is 23.6 Å². The van der Waals surface area contributed by atoms with Crippen LogP contribution in [-0.4, -0.2) is 31.0 Å². The lowest BCUT2D eigenvalue weighted by molar-refractivity contribution is -0.188. The summed E-state index contributed by atoms with van der Waals surface area (Å²) in [6.07, 6.45) is -12.9. The predicted molar refractivity (Wildman–Crippen MR) is 76.0 cm³/mol. The number of esters is 1. The molecule has 1 aliphatic rings. The summed E-state index contributed by atoms with van der Waals surface area (Å²) in [6, 6.07) is 2.46. The third-order valence-electron chi connectivity index (χ3n) is 3.37. The molecule has 138 valence electrons. The predicted octanol–water partition coefficient (Wildman–Crippen LogP) is 4.37. The van der Waals surface area contributed by atoms with Crippen LogP contribution in [0.3, 0.4) is 0 Å². The van der Waals surface area contributed by atoms with E-state index < -0.39 is 47.7 Å². The van der Waals surface area contributed by atoms with Crippen molar-refractivity contribution >= 4 is 12.0 Å². The quantitative estimate of drug-likeness (QED) is 0.587. The molecule has 0 aromatic heterocycles. The topological polar surface area (TPSA) is 35.5 Å². The number of aryl methyl sites for hydroxylation is 1. The Hall–Kier alpha value is -2.19. The molecule has 1 unspecified atom stereocenters. The Bertz CT molecular complexity index is 703. The average molecular weight is 368 g/mol. The molecule has 0 saturated heterocycles. The number of hydrogen-bond donors (Lipinski definition) is 0. The van der Waals surface area contributed by atoms with Crippen LogP contribution in [0.5, 0.6) is 5.75 Å². The normalized spacial score (nSPS) is 17.4. The second kappa shape index (κ2) is 6.61. The summed E-state index contributed by atoms with van der Waals surface area (Å²) in [5.74, 6) is -1.76. The number of rotatable bonds is 3. The van der Waals surface area contributed by atoms with E-state index in [9.17, 15) is 31.1 Å². The minimum Gasteiger partial charge on any atom is -0.475 e. The summed E-state index contributed by atoms with van der Waals surface area (Å²) < 4.78 is 87.3. The zero-order valence-corrected chi connectivity index (χ0v) is 13.2. The van der Waals surface area contributed by atoms with E-state index in [1.165, 1.54) is 19.9 Å². The lowest BCUT2D eigenvalue weighted by Gasteiger charge is -2.29. The van der Waals surface area contributed by atoms with Crippen LogP contribution in [0.4, 0.5) is 26.3 Å². The first-order chi connectivity index (χ1) is 11.4. The Morgan fingerprint density at radius 3 is 2.36 bits per heavy atom. The summed E-state index contributed by atoms with van der Waals surface area (Å²) in [6.45, 7) is 2.76. The Morgan fingerprint density at radius 2 is 1.84 bits per heavy atom. The van der Waals surface area contributed by atoms with E-state index in [4.69, 9.17) is 4.74 Å². The zero-order valence-electron chi connectivity index (χ0n) is 13.2. The number of alkyl halides is 6. The van der Waals surface area contributed by atoms with Crippen molar-refractivity contribution in [1.82, 2.24) is 0 Å². The summed E-state index contributed by atoms with van der Waals surface area (Å²) in [5.41, 5.74) is -0.851. The molecule has 1 aliphatic heterocycles. The van der Waals surface area contributed by atoms with Crippen molar-refractivity contribution in [2.75, 3.05) is 6.61 Å². The molecule has 0 radical (unpaired) electrons. The van der Waals surface area contributed by atoms with Gasteiger partial charge in [-0.1, -0.05) is 6.07 Å². The maximum absolute atomic E-state index is 13.2. The summed E-state index contributed by atoms with van der Waals surface area (Å²) in [7, 11) is 0. The Labute approximate surface area is 139 Å². The molecule has 0 saturated carbocycles. The SMILES string of the molecule is CCOC(=O)C1=Cc2cc(C)cc(CC(F)(F)F)c2OC1C(F)(F)F. The minimum atomic E-state index is -4.99. The van der Waals surface area contributed by atoms with Gasteiger partial charge in [0.05, 0.1) is 18.6 Å². The Morgan fingerprint density at radius 1 is 1.20 bits per heavy atom. The zero-order chi connectivity index (χ0) is 19.0. The first-order valence-electron chi connectivity index (χ1n) is 7.24. The highest BCUT2D eigenvalue weighted by Crippen LogP contribution is 2.41. The molecule has 1 atom stereocenters. The monoisotopic (exact) mass is 368 g/mol. The van der Waals surface area contributed by atoms with Crippen LogP contribution in [-0.2, 0) is 16.0 Å². The van der Waals surface area contributed by atoms with E-state index in [2.05, 4.69) is 4.74 Å². The highest BCUT2D eigenvalue weighted by molar-refractivity contribution is 5.96. The van der Waals surface area contributed by atoms with E-state index >= 15 is 0 Å². The van der Waals surface area contributed by atoms with Crippen molar-refractivity contribution in [3.05, 3.63) is 34.4 Å². The molecule has 0 bridgehead atoms. The van der Waals surface area contributed by atoms with Gasteiger partial charge in [-0.25, -0.2) is 4.79 Å². The fourth-order valence-electron chi connectivity index (χ4n) is 2.52. The molecule has 0 spiro atoms. The third kappa shape index (κ3) is 4.46. The standard InChI is InChI=1S/C16H14F6O3/c1-3-24-14(23)11-6-9-4-8(2)5-10(7-15(17,18)19)12(9)25-13(11)16(20,21)22/h4-6,13H,3,7H2,1-2H3. The number of carbonyl (C=O) groups is 1. The molecule has 0 fully saturated rings. The first kappa shape index (κ1) is 19.1. The van der Waals surface area contributed by atoms with Crippen molar-refractivity contribution < 1.29 is 40.6 Å². The number of benzene rings is 1. The van der Waals surface area contributed by atoms with Gasteiger partial charge in [0.2, 0.25) is 6.10 Å². The molecule has 25 heavy (non-hydrogen) atoms. The van der Waals surface area contributed by atoms with Crippen molar-refractivity contribution in [3.8, 4) is 5.75 Å². The van der Waals surface area contributed by atoms with Gasteiger partial charge >= 0.3 is 18.3 Å².